The first-order chi connectivity index (χ1) is 18.3. The van der Waals surface area contributed by atoms with E-state index >= 15 is 0 Å². The number of rotatable bonds is 11. The molecule has 39 heavy (non-hydrogen) atoms. The molecule has 3 aromatic rings. The van der Waals surface area contributed by atoms with E-state index in [1.165, 1.54) is 18.3 Å². The second-order valence-corrected chi connectivity index (χ2v) is 14.2. The molecule has 1 aliphatic carbocycles. The summed E-state index contributed by atoms with van der Waals surface area (Å²) in [7, 11) is -5.93. The third-order valence-electron chi connectivity index (χ3n) is 6.43. The summed E-state index contributed by atoms with van der Waals surface area (Å²) in [6, 6.07) is 10.8. The van der Waals surface area contributed by atoms with Gasteiger partial charge < -0.3 is 5.32 Å². The molecule has 1 heterocycles. The van der Waals surface area contributed by atoms with Gasteiger partial charge in [0.2, 0.25) is 26.0 Å². The average Bonchev–Trinajstić information content (AvgIpc) is 3.65. The van der Waals surface area contributed by atoms with Gasteiger partial charge >= 0.3 is 0 Å². The smallest absolute Gasteiger partial charge is 0.270 e. The van der Waals surface area contributed by atoms with E-state index in [1.807, 2.05) is 35.1 Å². The number of nitrogens with one attached hydrogen (secondary N) is 2. The Morgan fingerprint density at radius 3 is 2.36 bits per heavy atom. The fourth-order valence-electron chi connectivity index (χ4n) is 4.33. The molecule has 0 atom stereocenters. The highest BCUT2D eigenvalue weighted by molar-refractivity contribution is 9.10. The van der Waals surface area contributed by atoms with Crippen molar-refractivity contribution in [3.63, 3.8) is 0 Å². The van der Waals surface area contributed by atoms with Crippen LogP contribution in [0.25, 0.3) is 16.6 Å². The van der Waals surface area contributed by atoms with Gasteiger partial charge in [-0.2, -0.15) is 5.10 Å². The molecule has 2 amide bonds. The highest BCUT2D eigenvalue weighted by Crippen LogP contribution is 2.46. The Morgan fingerprint density at radius 1 is 1.13 bits per heavy atom. The number of fused-ring (bicyclic) bond motifs is 1. The minimum Gasteiger partial charge on any atom is -0.354 e. The van der Waals surface area contributed by atoms with Crippen molar-refractivity contribution in [2.75, 3.05) is 29.9 Å². The summed E-state index contributed by atoms with van der Waals surface area (Å²) in [5, 5.41) is 7.94. The van der Waals surface area contributed by atoms with E-state index in [0.29, 0.717) is 28.0 Å². The van der Waals surface area contributed by atoms with Gasteiger partial charge in [0.15, 0.2) is 0 Å². The first-order valence-electron chi connectivity index (χ1n) is 12.4. The van der Waals surface area contributed by atoms with Crippen LogP contribution in [0.1, 0.15) is 54.6 Å². The van der Waals surface area contributed by atoms with Crippen LogP contribution in [-0.4, -0.2) is 64.0 Å². The van der Waals surface area contributed by atoms with Crippen molar-refractivity contribution in [1.82, 2.24) is 19.8 Å². The van der Waals surface area contributed by atoms with Crippen LogP contribution in [-0.2, 0) is 24.8 Å². The summed E-state index contributed by atoms with van der Waals surface area (Å²) in [5.74, 6) is -1.13. The van der Waals surface area contributed by atoms with Gasteiger partial charge in [0, 0.05) is 29.9 Å². The van der Waals surface area contributed by atoms with Crippen molar-refractivity contribution >= 4 is 64.4 Å². The van der Waals surface area contributed by atoms with Gasteiger partial charge in [0.05, 0.1) is 28.9 Å². The van der Waals surface area contributed by atoms with E-state index in [2.05, 4.69) is 26.3 Å². The Balaban J connectivity index is 1.77. The molecule has 4 rings (SSSR count). The predicted molar refractivity (Wildman–Crippen MR) is 153 cm³/mol. The zero-order valence-electron chi connectivity index (χ0n) is 21.8. The number of carbonyl (C=O) groups excluding carboxylic acids is 2. The van der Waals surface area contributed by atoms with E-state index in [4.69, 9.17) is 0 Å². The molecule has 1 saturated carbocycles. The lowest BCUT2D eigenvalue weighted by Gasteiger charge is -2.25. The number of aromatic nitrogens is 2. The van der Waals surface area contributed by atoms with Crippen LogP contribution < -0.4 is 14.3 Å². The Morgan fingerprint density at radius 2 is 1.79 bits per heavy atom. The monoisotopic (exact) mass is 639 g/mol. The summed E-state index contributed by atoms with van der Waals surface area (Å²) < 4.78 is 54.8. The molecular formula is C25H30BrN5O6S2. The maximum absolute atomic E-state index is 13.0. The van der Waals surface area contributed by atoms with Gasteiger partial charge in [-0.25, -0.2) is 21.5 Å². The Hall–Kier alpha value is -2.97. The van der Waals surface area contributed by atoms with Gasteiger partial charge in [0.1, 0.15) is 5.69 Å². The van der Waals surface area contributed by atoms with Crippen LogP contribution in [0.3, 0.4) is 0 Å². The first kappa shape index (κ1) is 29.0. The van der Waals surface area contributed by atoms with Crippen LogP contribution in [0.15, 0.2) is 40.9 Å². The number of sulfonamides is 2. The number of hydrogen-bond acceptors (Lipinski definition) is 7. The predicted octanol–water partition coefficient (Wildman–Crippen LogP) is 3.04. The second kappa shape index (κ2) is 11.3. The molecule has 2 N–H and O–H groups in total. The zero-order chi connectivity index (χ0) is 28.5. The summed E-state index contributed by atoms with van der Waals surface area (Å²) in [6.45, 7) is 1.39. The minimum atomic E-state index is -3.77. The molecule has 0 saturated heterocycles. The molecule has 1 fully saturated rings. The molecule has 14 heteroatoms. The van der Waals surface area contributed by atoms with Crippen molar-refractivity contribution in [3.05, 3.63) is 52.1 Å². The van der Waals surface area contributed by atoms with Gasteiger partial charge in [-0.1, -0.05) is 15.9 Å². The van der Waals surface area contributed by atoms with Gasteiger partial charge in [-0.3, -0.25) is 18.6 Å². The maximum atomic E-state index is 13.0. The van der Waals surface area contributed by atoms with Crippen molar-refractivity contribution in [3.8, 4) is 5.69 Å². The van der Waals surface area contributed by atoms with Gasteiger partial charge in [0.25, 0.3) is 5.91 Å². The van der Waals surface area contributed by atoms with E-state index in [0.717, 1.165) is 29.1 Å². The number of anilines is 1. The van der Waals surface area contributed by atoms with E-state index in [-0.39, 0.29) is 37.0 Å². The SMILES string of the molecule is CCS(=O)(=O)NC(=O)CCCN(c1cc2nn(-c3ccc(Br)cc3)c(C(=O)NC)c2cc1C1CC1)S(C)(=O)=O. The largest absolute Gasteiger partial charge is 0.354 e. The standard InChI is InChI=1S/C25H30BrN5O6S2/c1-4-39(36,37)29-23(32)6-5-13-30(38(3,34)35)22-15-21-20(14-19(22)16-7-8-16)24(25(33)27-2)31(28-21)18-11-9-17(26)10-12-18/h9-12,14-16H,4-8,13H2,1-3H3,(H,27,33)(H,29,32). The number of benzene rings is 2. The quantitative estimate of drug-likeness (QED) is 0.328. The van der Waals surface area contributed by atoms with Crippen LogP contribution in [0, 0.1) is 0 Å². The topological polar surface area (TPSA) is 148 Å². The molecule has 0 bridgehead atoms. The number of amides is 2. The number of halogens is 1. The van der Waals surface area contributed by atoms with Gasteiger partial charge in [-0.05, 0) is 74.1 Å². The summed E-state index contributed by atoms with van der Waals surface area (Å²) >= 11 is 3.41. The van der Waals surface area contributed by atoms with Crippen LogP contribution >= 0.6 is 15.9 Å². The number of carbonyl (C=O) groups is 2. The van der Waals surface area contributed by atoms with Crippen molar-refractivity contribution < 1.29 is 26.4 Å². The third kappa shape index (κ3) is 6.61. The van der Waals surface area contributed by atoms with Gasteiger partial charge in [-0.15, -0.1) is 0 Å². The lowest BCUT2D eigenvalue weighted by atomic mass is 10.0. The molecular weight excluding hydrogens is 610 g/mol. The third-order valence-corrected chi connectivity index (χ3v) is 9.44. The van der Waals surface area contributed by atoms with Crippen LogP contribution in [0.5, 0.6) is 0 Å². The lowest BCUT2D eigenvalue weighted by Crippen LogP contribution is -2.34. The molecule has 1 aliphatic rings. The molecule has 0 spiro atoms. The van der Waals surface area contributed by atoms with Crippen molar-refractivity contribution in [2.45, 2.75) is 38.5 Å². The molecule has 1 aromatic heterocycles. The Bertz CT molecular complexity index is 1630. The Labute approximate surface area is 236 Å². The number of nitrogens with zero attached hydrogens (tertiary/aromatic N) is 3. The van der Waals surface area contributed by atoms with E-state index < -0.39 is 26.0 Å². The van der Waals surface area contributed by atoms with E-state index in [9.17, 15) is 26.4 Å². The zero-order valence-corrected chi connectivity index (χ0v) is 25.0. The lowest BCUT2D eigenvalue weighted by molar-refractivity contribution is -0.119. The summed E-state index contributed by atoms with van der Waals surface area (Å²) in [4.78, 5) is 25.1. The number of hydrogen-bond donors (Lipinski definition) is 2. The molecule has 2 aromatic carbocycles. The molecule has 0 radical (unpaired) electrons. The highest BCUT2D eigenvalue weighted by atomic mass is 79.9. The fourth-order valence-corrected chi connectivity index (χ4v) is 6.16. The maximum Gasteiger partial charge on any atom is 0.270 e. The normalized spacial score (nSPS) is 13.8. The summed E-state index contributed by atoms with van der Waals surface area (Å²) in [5.41, 5.74) is 2.67. The minimum absolute atomic E-state index is 0.0284. The van der Waals surface area contributed by atoms with Crippen LogP contribution in [0.2, 0.25) is 0 Å². The Kier molecular flexibility index (Phi) is 8.38. The second-order valence-electron chi connectivity index (χ2n) is 9.39. The fraction of sp³-hybridized carbons (Fsp3) is 0.400. The molecule has 11 nitrogen and oxygen atoms in total. The average molecular weight is 641 g/mol. The highest BCUT2D eigenvalue weighted by Gasteiger charge is 2.32. The molecule has 0 unspecified atom stereocenters. The van der Waals surface area contributed by atoms with Crippen molar-refractivity contribution in [2.24, 2.45) is 0 Å². The van der Waals surface area contributed by atoms with E-state index in [1.54, 1.807) is 10.7 Å². The van der Waals surface area contributed by atoms with Crippen LogP contribution in [0.4, 0.5) is 5.69 Å². The van der Waals surface area contributed by atoms with Crippen molar-refractivity contribution in [1.29, 1.82) is 0 Å². The summed E-state index contributed by atoms with van der Waals surface area (Å²) in [6.07, 6.45) is 2.79. The molecule has 210 valence electrons. The molecule has 0 aliphatic heterocycles. The first-order valence-corrected chi connectivity index (χ1v) is 16.7.